The molecule has 0 atom stereocenters. The fraction of sp³-hybridized carbons (Fsp3) is 0.143. The van der Waals surface area contributed by atoms with E-state index in [1.54, 1.807) is 7.11 Å². The Morgan fingerprint density at radius 1 is 0.957 bits per heavy atom. The van der Waals surface area contributed by atoms with Crippen LogP contribution >= 0.6 is 0 Å². The maximum atomic E-state index is 6.50. The molecule has 3 aromatic rings. The summed E-state index contributed by atoms with van der Waals surface area (Å²) >= 11 is 0. The average Bonchev–Trinajstić information content (AvgIpc) is 2.97. The minimum Gasteiger partial charge on any atom is -0.497 e. The van der Waals surface area contributed by atoms with E-state index < -0.39 is 0 Å². The summed E-state index contributed by atoms with van der Waals surface area (Å²) in [6.07, 6.45) is 1.76. The third-order valence-electron chi connectivity index (χ3n) is 4.65. The van der Waals surface area contributed by atoms with Crippen molar-refractivity contribution in [3.05, 3.63) is 82.9 Å². The van der Waals surface area contributed by atoms with Gasteiger partial charge in [0.15, 0.2) is 0 Å². The third kappa shape index (κ3) is 2.36. The number of rotatable bonds is 3. The average molecular weight is 301 g/mol. The van der Waals surface area contributed by atoms with Crippen LogP contribution < -0.4 is 10.5 Å². The molecule has 0 aromatic heterocycles. The van der Waals surface area contributed by atoms with Crippen LogP contribution in [0.15, 0.2) is 60.7 Å². The molecule has 0 saturated heterocycles. The maximum Gasteiger partial charge on any atom is 0.119 e. The van der Waals surface area contributed by atoms with Gasteiger partial charge in [-0.15, -0.1) is 0 Å². The van der Waals surface area contributed by atoms with Crippen LogP contribution in [0.5, 0.6) is 5.75 Å². The van der Waals surface area contributed by atoms with Gasteiger partial charge in [-0.2, -0.15) is 0 Å². The highest BCUT2D eigenvalue weighted by Gasteiger charge is 2.21. The zero-order chi connectivity index (χ0) is 15.8. The van der Waals surface area contributed by atoms with E-state index in [4.69, 9.17) is 10.5 Å². The first-order valence-corrected chi connectivity index (χ1v) is 7.87. The minimum absolute atomic E-state index is 0.826. The quantitative estimate of drug-likeness (QED) is 0.568. The second kappa shape index (κ2) is 5.47. The van der Waals surface area contributed by atoms with E-state index in [0.29, 0.717) is 0 Å². The van der Waals surface area contributed by atoms with Crippen molar-refractivity contribution in [1.29, 1.82) is 0 Å². The number of methoxy groups -OCH3 is 1. The summed E-state index contributed by atoms with van der Waals surface area (Å²) in [4.78, 5) is 0. The summed E-state index contributed by atoms with van der Waals surface area (Å²) in [6, 6.07) is 21.1. The van der Waals surface area contributed by atoms with Gasteiger partial charge in [0, 0.05) is 12.1 Å². The smallest absolute Gasteiger partial charge is 0.119 e. The van der Waals surface area contributed by atoms with E-state index in [0.717, 1.165) is 24.3 Å². The lowest BCUT2D eigenvalue weighted by Gasteiger charge is -2.12. The van der Waals surface area contributed by atoms with E-state index in [-0.39, 0.29) is 0 Å². The summed E-state index contributed by atoms with van der Waals surface area (Å²) < 4.78 is 5.31. The Balaban J connectivity index is 1.71. The number of fused-ring (bicyclic) bond motifs is 3. The standard InChI is InChI=1S/C21H19NO/c1-23-17-7-4-5-14(12-17)11-16-9-10-19-18-8-3-2-6-15(18)13-20(19)21(16)22/h2-10,12H,11,13,22H2,1H3. The number of nitrogen functional groups attached to an aromatic ring is 1. The van der Waals surface area contributed by atoms with Gasteiger partial charge in [-0.25, -0.2) is 0 Å². The zero-order valence-corrected chi connectivity index (χ0v) is 13.2. The van der Waals surface area contributed by atoms with Crippen molar-refractivity contribution in [3.63, 3.8) is 0 Å². The molecular formula is C21H19NO. The molecule has 114 valence electrons. The van der Waals surface area contributed by atoms with Crippen LogP contribution in [-0.2, 0) is 12.8 Å². The Bertz CT molecular complexity index is 883. The first kappa shape index (κ1) is 13.9. The lowest BCUT2D eigenvalue weighted by Crippen LogP contribution is -2.00. The Morgan fingerprint density at radius 2 is 1.83 bits per heavy atom. The SMILES string of the molecule is COc1cccc(Cc2ccc3c(c2N)Cc2ccccc2-3)c1. The first-order chi connectivity index (χ1) is 11.3. The third-order valence-corrected chi connectivity index (χ3v) is 4.65. The van der Waals surface area contributed by atoms with Crippen LogP contribution in [0, 0.1) is 0 Å². The molecule has 2 heteroatoms. The van der Waals surface area contributed by atoms with Crippen molar-refractivity contribution in [3.8, 4) is 16.9 Å². The molecule has 2 N–H and O–H groups in total. The summed E-state index contributed by atoms with van der Waals surface area (Å²) in [5.41, 5.74) is 15.1. The molecular weight excluding hydrogens is 282 g/mol. The monoisotopic (exact) mass is 301 g/mol. The molecule has 2 nitrogen and oxygen atoms in total. The van der Waals surface area contributed by atoms with Crippen molar-refractivity contribution < 1.29 is 4.74 Å². The summed E-state index contributed by atoms with van der Waals surface area (Å²) in [7, 11) is 1.69. The Kier molecular flexibility index (Phi) is 3.30. The summed E-state index contributed by atoms with van der Waals surface area (Å²) in [6.45, 7) is 0. The van der Waals surface area contributed by atoms with Crippen molar-refractivity contribution in [2.75, 3.05) is 12.8 Å². The van der Waals surface area contributed by atoms with E-state index >= 15 is 0 Å². The van der Waals surface area contributed by atoms with Gasteiger partial charge in [0.25, 0.3) is 0 Å². The first-order valence-electron chi connectivity index (χ1n) is 7.87. The van der Waals surface area contributed by atoms with E-state index in [2.05, 4.69) is 48.5 Å². The molecule has 3 aromatic carbocycles. The van der Waals surface area contributed by atoms with Crippen LogP contribution in [0.3, 0.4) is 0 Å². The van der Waals surface area contributed by atoms with E-state index in [1.165, 1.54) is 33.4 Å². The second-order valence-electron chi connectivity index (χ2n) is 6.03. The van der Waals surface area contributed by atoms with E-state index in [1.807, 2.05) is 12.1 Å². The van der Waals surface area contributed by atoms with Gasteiger partial charge in [0.05, 0.1) is 7.11 Å². The zero-order valence-electron chi connectivity index (χ0n) is 13.2. The molecule has 0 saturated carbocycles. The molecule has 0 amide bonds. The van der Waals surface area contributed by atoms with Crippen LogP contribution in [-0.4, -0.2) is 7.11 Å². The highest BCUT2D eigenvalue weighted by atomic mass is 16.5. The molecule has 0 aliphatic heterocycles. The number of anilines is 1. The molecule has 0 spiro atoms. The second-order valence-corrected chi connectivity index (χ2v) is 6.03. The van der Waals surface area contributed by atoms with Crippen LogP contribution in [0.1, 0.15) is 22.3 Å². The summed E-state index contributed by atoms with van der Waals surface area (Å²) in [5, 5.41) is 0. The Hall–Kier alpha value is -2.74. The molecule has 1 aliphatic rings. The predicted molar refractivity (Wildman–Crippen MR) is 94.9 cm³/mol. The van der Waals surface area contributed by atoms with Gasteiger partial charge in [0.1, 0.15) is 5.75 Å². The molecule has 4 rings (SSSR count). The number of nitrogens with two attached hydrogens (primary N) is 1. The molecule has 1 aliphatic carbocycles. The van der Waals surface area contributed by atoms with Crippen molar-refractivity contribution in [1.82, 2.24) is 0 Å². The number of hydrogen-bond acceptors (Lipinski definition) is 2. The normalized spacial score (nSPS) is 11.9. The highest BCUT2D eigenvalue weighted by molar-refractivity contribution is 5.82. The van der Waals surface area contributed by atoms with Gasteiger partial charge in [0.2, 0.25) is 0 Å². The van der Waals surface area contributed by atoms with Gasteiger partial charge >= 0.3 is 0 Å². The topological polar surface area (TPSA) is 35.2 Å². The van der Waals surface area contributed by atoms with Crippen molar-refractivity contribution in [2.45, 2.75) is 12.8 Å². The van der Waals surface area contributed by atoms with Crippen molar-refractivity contribution >= 4 is 5.69 Å². The molecule has 0 fully saturated rings. The molecule has 23 heavy (non-hydrogen) atoms. The molecule has 0 unspecified atom stereocenters. The van der Waals surface area contributed by atoms with Crippen molar-refractivity contribution in [2.24, 2.45) is 0 Å². The molecule has 0 heterocycles. The maximum absolute atomic E-state index is 6.50. The lowest BCUT2D eigenvalue weighted by atomic mass is 9.96. The van der Waals surface area contributed by atoms with E-state index in [9.17, 15) is 0 Å². The van der Waals surface area contributed by atoms with Crippen LogP contribution in [0.2, 0.25) is 0 Å². The minimum atomic E-state index is 0.826. The fourth-order valence-corrected chi connectivity index (χ4v) is 3.44. The Labute approximate surface area is 136 Å². The van der Waals surface area contributed by atoms with Crippen LogP contribution in [0.4, 0.5) is 5.69 Å². The molecule has 0 bridgehead atoms. The lowest BCUT2D eigenvalue weighted by molar-refractivity contribution is 0.414. The summed E-state index contributed by atoms with van der Waals surface area (Å²) in [5.74, 6) is 0.884. The van der Waals surface area contributed by atoms with Gasteiger partial charge in [-0.05, 0) is 51.9 Å². The van der Waals surface area contributed by atoms with Gasteiger partial charge in [-0.3, -0.25) is 0 Å². The van der Waals surface area contributed by atoms with Crippen LogP contribution in [0.25, 0.3) is 11.1 Å². The fourth-order valence-electron chi connectivity index (χ4n) is 3.44. The number of ether oxygens (including phenoxy) is 1. The Morgan fingerprint density at radius 3 is 2.70 bits per heavy atom. The number of benzene rings is 3. The molecule has 0 radical (unpaired) electrons. The highest BCUT2D eigenvalue weighted by Crippen LogP contribution is 2.40. The largest absolute Gasteiger partial charge is 0.497 e. The predicted octanol–water partition coefficient (Wildman–Crippen LogP) is 4.44. The van der Waals surface area contributed by atoms with Gasteiger partial charge in [-0.1, -0.05) is 48.5 Å². The number of hydrogen-bond donors (Lipinski definition) is 1. The van der Waals surface area contributed by atoms with Gasteiger partial charge < -0.3 is 10.5 Å².